The van der Waals surface area contributed by atoms with Crippen molar-refractivity contribution in [2.24, 2.45) is 0 Å². The number of nitrogens with zero attached hydrogens (tertiary/aromatic N) is 1. The lowest BCUT2D eigenvalue weighted by Gasteiger charge is -2.13. The summed E-state index contributed by atoms with van der Waals surface area (Å²) in [6.07, 6.45) is 3.65. The fourth-order valence-electron chi connectivity index (χ4n) is 2.52. The summed E-state index contributed by atoms with van der Waals surface area (Å²) in [5.74, 6) is -2.00. The predicted molar refractivity (Wildman–Crippen MR) is 111 cm³/mol. The van der Waals surface area contributed by atoms with Crippen LogP contribution in [0.25, 0.3) is 11.1 Å². The number of benzene rings is 2. The molecule has 0 spiro atoms. The van der Waals surface area contributed by atoms with Crippen molar-refractivity contribution in [1.82, 2.24) is 10.5 Å². The van der Waals surface area contributed by atoms with E-state index in [-0.39, 0.29) is 22.4 Å². The SMILES string of the molecule is CONC1CC1.Cc1cc(I)ccc1Nc1c(C(=O)O)cc2ocnc2c1F. The van der Waals surface area contributed by atoms with Gasteiger partial charge in [-0.1, -0.05) is 0 Å². The molecule has 1 aliphatic rings. The maximum absolute atomic E-state index is 14.6. The van der Waals surface area contributed by atoms with Gasteiger partial charge in [0.1, 0.15) is 5.52 Å². The van der Waals surface area contributed by atoms with Gasteiger partial charge < -0.3 is 19.7 Å². The van der Waals surface area contributed by atoms with E-state index in [0.29, 0.717) is 11.7 Å². The van der Waals surface area contributed by atoms with Crippen LogP contribution in [0.5, 0.6) is 0 Å². The Hall–Kier alpha value is -2.24. The van der Waals surface area contributed by atoms with Crippen molar-refractivity contribution in [1.29, 1.82) is 0 Å². The van der Waals surface area contributed by atoms with Crippen LogP contribution in [0.3, 0.4) is 0 Å². The second kappa shape index (κ2) is 8.84. The highest BCUT2D eigenvalue weighted by atomic mass is 127. The van der Waals surface area contributed by atoms with Crippen molar-refractivity contribution >= 4 is 51.0 Å². The van der Waals surface area contributed by atoms with Crippen LogP contribution >= 0.6 is 22.6 Å². The second-order valence-corrected chi connectivity index (χ2v) is 7.54. The highest BCUT2D eigenvalue weighted by molar-refractivity contribution is 14.1. The van der Waals surface area contributed by atoms with Gasteiger partial charge in [-0.3, -0.25) is 0 Å². The minimum Gasteiger partial charge on any atom is -0.478 e. The van der Waals surface area contributed by atoms with E-state index < -0.39 is 11.8 Å². The fraction of sp³-hybridized carbons (Fsp3) is 0.263. The van der Waals surface area contributed by atoms with Gasteiger partial charge >= 0.3 is 5.97 Å². The number of carbonyl (C=O) groups is 1. The molecule has 3 N–H and O–H groups in total. The monoisotopic (exact) mass is 499 g/mol. The summed E-state index contributed by atoms with van der Waals surface area (Å²) in [5, 5.41) is 12.2. The molecule has 0 saturated heterocycles. The molecule has 1 aromatic heterocycles. The maximum atomic E-state index is 14.6. The Kier molecular flexibility index (Phi) is 6.47. The van der Waals surface area contributed by atoms with Crippen LogP contribution in [0.15, 0.2) is 35.1 Å². The smallest absolute Gasteiger partial charge is 0.338 e. The van der Waals surface area contributed by atoms with Crippen LogP contribution in [-0.2, 0) is 4.84 Å². The van der Waals surface area contributed by atoms with E-state index in [4.69, 9.17) is 4.42 Å². The standard InChI is InChI=1S/C15H10FIN2O3.C4H9NO/c1-7-4-8(17)2-3-10(7)19-13-9(15(20)21)5-11-14(12(13)16)18-6-22-11;1-6-5-4-2-3-4/h2-6,19H,1H3,(H,20,21);4-5H,2-3H2,1H3. The second-order valence-electron chi connectivity index (χ2n) is 6.30. The molecule has 3 aromatic rings. The third kappa shape index (κ3) is 4.78. The summed E-state index contributed by atoms with van der Waals surface area (Å²) < 4.78 is 20.6. The number of carboxylic acid groups (broad SMARTS) is 1. The molecule has 1 heterocycles. The van der Waals surface area contributed by atoms with Crippen molar-refractivity contribution < 1.29 is 23.5 Å². The number of fused-ring (bicyclic) bond motifs is 1. The van der Waals surface area contributed by atoms with Gasteiger partial charge in [0, 0.05) is 15.3 Å². The van der Waals surface area contributed by atoms with Crippen LogP contribution < -0.4 is 10.8 Å². The summed E-state index contributed by atoms with van der Waals surface area (Å²) in [4.78, 5) is 19.8. The number of halogens is 2. The number of hydroxylamine groups is 1. The molecule has 9 heteroatoms. The minimum atomic E-state index is -1.25. The number of carboxylic acids is 1. The topological polar surface area (TPSA) is 96.6 Å². The summed E-state index contributed by atoms with van der Waals surface area (Å²) >= 11 is 2.17. The van der Waals surface area contributed by atoms with E-state index >= 15 is 0 Å². The molecule has 0 aliphatic heterocycles. The minimum absolute atomic E-state index is 0.00401. The zero-order valence-corrected chi connectivity index (χ0v) is 17.4. The zero-order valence-electron chi connectivity index (χ0n) is 15.3. The Labute approximate surface area is 174 Å². The Morgan fingerprint density at radius 1 is 1.39 bits per heavy atom. The van der Waals surface area contributed by atoms with E-state index in [1.807, 2.05) is 19.1 Å². The number of anilines is 2. The Morgan fingerprint density at radius 2 is 2.14 bits per heavy atom. The van der Waals surface area contributed by atoms with E-state index in [1.165, 1.54) is 18.9 Å². The van der Waals surface area contributed by atoms with E-state index in [1.54, 1.807) is 13.2 Å². The molecule has 1 fully saturated rings. The maximum Gasteiger partial charge on any atom is 0.338 e. The predicted octanol–water partition coefficient (Wildman–Crippen LogP) is 4.62. The van der Waals surface area contributed by atoms with Gasteiger partial charge in [0.15, 0.2) is 17.8 Å². The van der Waals surface area contributed by atoms with Crippen LogP contribution in [0.4, 0.5) is 15.8 Å². The molecule has 4 rings (SSSR count). The van der Waals surface area contributed by atoms with E-state index in [9.17, 15) is 14.3 Å². The van der Waals surface area contributed by atoms with Crippen molar-refractivity contribution in [3.63, 3.8) is 0 Å². The normalized spacial score (nSPS) is 13.1. The first-order valence-electron chi connectivity index (χ1n) is 8.51. The quantitative estimate of drug-likeness (QED) is 0.348. The van der Waals surface area contributed by atoms with Crippen molar-refractivity contribution in [3.8, 4) is 0 Å². The average molecular weight is 499 g/mol. The molecule has 148 valence electrons. The third-order valence-electron chi connectivity index (χ3n) is 4.11. The van der Waals surface area contributed by atoms with Crippen LogP contribution in [0.1, 0.15) is 28.8 Å². The van der Waals surface area contributed by atoms with Crippen molar-refractivity contribution in [2.45, 2.75) is 25.8 Å². The molecule has 2 aromatic carbocycles. The molecule has 7 nitrogen and oxygen atoms in total. The number of aromatic nitrogens is 1. The van der Waals surface area contributed by atoms with Gasteiger partial charge in [-0.15, -0.1) is 0 Å². The Balaban J connectivity index is 0.000000320. The van der Waals surface area contributed by atoms with Gasteiger partial charge in [-0.2, -0.15) is 5.48 Å². The lowest BCUT2D eigenvalue weighted by Crippen LogP contribution is -2.12. The number of oxazole rings is 1. The van der Waals surface area contributed by atoms with Crippen molar-refractivity contribution in [3.05, 3.63) is 51.2 Å². The van der Waals surface area contributed by atoms with Crippen LogP contribution in [0, 0.1) is 16.3 Å². The zero-order chi connectivity index (χ0) is 20.3. The van der Waals surface area contributed by atoms with Gasteiger partial charge in [0.2, 0.25) is 0 Å². The highest BCUT2D eigenvalue weighted by Gasteiger charge is 2.21. The number of rotatable bonds is 5. The number of hydrogen-bond donors (Lipinski definition) is 3. The number of aryl methyl sites for hydroxylation is 1. The Bertz CT molecular complexity index is 1000. The fourth-order valence-corrected chi connectivity index (χ4v) is 3.17. The summed E-state index contributed by atoms with van der Waals surface area (Å²) in [5.41, 5.74) is 4.08. The molecule has 0 bridgehead atoms. The molecule has 28 heavy (non-hydrogen) atoms. The molecule has 1 saturated carbocycles. The highest BCUT2D eigenvalue weighted by Crippen LogP contribution is 2.32. The van der Waals surface area contributed by atoms with Crippen LogP contribution in [-0.4, -0.2) is 29.2 Å². The average Bonchev–Trinajstić information content (AvgIpc) is 3.33. The lowest BCUT2D eigenvalue weighted by molar-refractivity contribution is 0.0697. The molecule has 0 atom stereocenters. The number of aromatic carboxylic acids is 1. The molecular formula is C19H19FIN3O4. The first-order valence-corrected chi connectivity index (χ1v) is 9.59. The number of nitrogens with one attached hydrogen (secondary N) is 2. The molecular weight excluding hydrogens is 480 g/mol. The van der Waals surface area contributed by atoms with Gasteiger partial charge in [0.25, 0.3) is 0 Å². The van der Waals surface area contributed by atoms with Crippen molar-refractivity contribution in [2.75, 3.05) is 12.4 Å². The van der Waals surface area contributed by atoms with E-state index in [0.717, 1.165) is 15.5 Å². The molecule has 1 aliphatic carbocycles. The van der Waals surface area contributed by atoms with Gasteiger partial charge in [0.05, 0.1) is 18.4 Å². The van der Waals surface area contributed by atoms with Crippen LogP contribution in [0.2, 0.25) is 0 Å². The largest absolute Gasteiger partial charge is 0.478 e. The first kappa shape index (κ1) is 20.5. The first-order chi connectivity index (χ1) is 13.4. The van der Waals surface area contributed by atoms with Gasteiger partial charge in [-0.25, -0.2) is 14.2 Å². The summed E-state index contributed by atoms with van der Waals surface area (Å²) in [6.45, 7) is 1.86. The molecule has 0 unspecified atom stereocenters. The summed E-state index contributed by atoms with van der Waals surface area (Å²) in [6, 6.07) is 7.47. The third-order valence-corrected chi connectivity index (χ3v) is 4.78. The summed E-state index contributed by atoms with van der Waals surface area (Å²) in [7, 11) is 1.65. The number of hydrogen-bond acceptors (Lipinski definition) is 6. The molecule has 0 amide bonds. The van der Waals surface area contributed by atoms with E-state index in [2.05, 4.69) is 43.2 Å². The lowest BCUT2D eigenvalue weighted by atomic mass is 10.1. The van der Waals surface area contributed by atoms with Gasteiger partial charge in [-0.05, 0) is 72.2 Å². The Morgan fingerprint density at radius 3 is 2.71 bits per heavy atom. The molecule has 0 radical (unpaired) electrons.